The number of anilines is 1. The Morgan fingerprint density at radius 2 is 1.73 bits per heavy atom. The molecule has 1 aromatic carbocycles. The van der Waals surface area contributed by atoms with Gasteiger partial charge in [0.05, 0.1) is 0 Å². The molecule has 0 bridgehead atoms. The van der Waals surface area contributed by atoms with Crippen molar-refractivity contribution in [2.24, 2.45) is 5.84 Å². The molecule has 2 rings (SSSR count). The second kappa shape index (κ2) is 4.37. The van der Waals surface area contributed by atoms with Crippen molar-refractivity contribution in [3.05, 3.63) is 41.1 Å². The molecule has 2 aromatic rings. The third-order valence-electron chi connectivity index (χ3n) is 1.95. The molecule has 0 amide bonds. The Balaban J connectivity index is 2.49. The van der Waals surface area contributed by atoms with Crippen LogP contribution in [-0.2, 0) is 0 Å². The van der Waals surface area contributed by atoms with E-state index in [4.69, 9.17) is 5.84 Å². The Morgan fingerprint density at radius 3 is 2.40 bits per heavy atom. The van der Waals surface area contributed by atoms with E-state index in [-0.39, 0.29) is 0 Å². The maximum absolute atomic E-state index is 5.36. The Kier molecular flexibility index (Phi) is 2.94. The van der Waals surface area contributed by atoms with E-state index in [1.54, 1.807) is 12.4 Å². The monoisotopic (exact) mass is 264 g/mol. The fourth-order valence-corrected chi connectivity index (χ4v) is 1.53. The molecule has 0 atom stereocenters. The van der Waals surface area contributed by atoms with Gasteiger partial charge in [-0.05, 0) is 12.1 Å². The average Bonchev–Trinajstić information content (AvgIpc) is 2.30. The van der Waals surface area contributed by atoms with E-state index in [0.29, 0.717) is 5.82 Å². The fraction of sp³-hybridized carbons (Fsp3) is 0. The van der Waals surface area contributed by atoms with Crippen LogP contribution in [0, 0.1) is 0 Å². The van der Waals surface area contributed by atoms with Crippen LogP contribution in [0.5, 0.6) is 0 Å². The molecule has 0 unspecified atom stereocenters. The van der Waals surface area contributed by atoms with E-state index < -0.39 is 0 Å². The van der Waals surface area contributed by atoms with Gasteiger partial charge in [-0.25, -0.2) is 10.8 Å². The first kappa shape index (κ1) is 10.1. The van der Waals surface area contributed by atoms with Crippen LogP contribution < -0.4 is 11.3 Å². The van der Waals surface area contributed by atoms with Gasteiger partial charge >= 0.3 is 0 Å². The summed E-state index contributed by atoms with van der Waals surface area (Å²) in [5, 5.41) is 0. The van der Waals surface area contributed by atoms with Crippen LogP contribution in [0.4, 0.5) is 5.82 Å². The number of hydrogen-bond donors (Lipinski definition) is 2. The van der Waals surface area contributed by atoms with Gasteiger partial charge in [-0.3, -0.25) is 4.98 Å². The Hall–Kier alpha value is -1.46. The highest BCUT2D eigenvalue weighted by Gasteiger charge is 2.05. The highest BCUT2D eigenvalue weighted by molar-refractivity contribution is 9.10. The van der Waals surface area contributed by atoms with E-state index in [2.05, 4.69) is 31.3 Å². The number of rotatable bonds is 2. The summed E-state index contributed by atoms with van der Waals surface area (Å²) in [5.41, 5.74) is 4.24. The predicted molar refractivity (Wildman–Crippen MR) is 63.0 cm³/mol. The van der Waals surface area contributed by atoms with Gasteiger partial charge < -0.3 is 5.43 Å². The van der Waals surface area contributed by atoms with Crippen molar-refractivity contribution < 1.29 is 0 Å². The summed E-state index contributed by atoms with van der Waals surface area (Å²) >= 11 is 3.38. The fourth-order valence-electron chi connectivity index (χ4n) is 1.26. The van der Waals surface area contributed by atoms with E-state index in [1.165, 1.54) is 0 Å². The smallest absolute Gasteiger partial charge is 0.166 e. The largest absolute Gasteiger partial charge is 0.307 e. The van der Waals surface area contributed by atoms with E-state index >= 15 is 0 Å². The van der Waals surface area contributed by atoms with Gasteiger partial charge in [0.25, 0.3) is 0 Å². The Morgan fingerprint density at radius 1 is 1.07 bits per heavy atom. The molecule has 0 saturated heterocycles. The van der Waals surface area contributed by atoms with Crippen LogP contribution >= 0.6 is 15.9 Å². The van der Waals surface area contributed by atoms with Crippen molar-refractivity contribution in [1.82, 2.24) is 9.97 Å². The number of nitrogens with two attached hydrogens (primary N) is 1. The van der Waals surface area contributed by atoms with Gasteiger partial charge in [0.2, 0.25) is 0 Å². The lowest BCUT2D eigenvalue weighted by Crippen LogP contribution is -2.10. The highest BCUT2D eigenvalue weighted by atomic mass is 79.9. The third kappa shape index (κ3) is 2.14. The van der Waals surface area contributed by atoms with Crippen LogP contribution in [0.1, 0.15) is 0 Å². The number of nitrogens with one attached hydrogen (secondary N) is 1. The molecule has 1 aromatic heterocycles. The van der Waals surface area contributed by atoms with Crippen molar-refractivity contribution in [3.8, 4) is 11.3 Å². The van der Waals surface area contributed by atoms with Crippen LogP contribution in [0.25, 0.3) is 11.3 Å². The SMILES string of the molecule is NNc1nccnc1-c1ccc(Br)cc1. The van der Waals surface area contributed by atoms with E-state index in [0.717, 1.165) is 15.7 Å². The normalized spacial score (nSPS) is 10.0. The first-order chi connectivity index (χ1) is 7.31. The van der Waals surface area contributed by atoms with Crippen molar-refractivity contribution in [1.29, 1.82) is 0 Å². The number of nitrogens with zero attached hydrogens (tertiary/aromatic N) is 2. The number of aromatic nitrogens is 2. The summed E-state index contributed by atoms with van der Waals surface area (Å²) in [6.45, 7) is 0. The lowest BCUT2D eigenvalue weighted by atomic mass is 10.1. The molecular weight excluding hydrogens is 256 g/mol. The van der Waals surface area contributed by atoms with Gasteiger partial charge in [-0.15, -0.1) is 0 Å². The summed E-state index contributed by atoms with van der Waals surface area (Å²) < 4.78 is 1.03. The van der Waals surface area contributed by atoms with E-state index in [1.807, 2.05) is 24.3 Å². The molecule has 4 nitrogen and oxygen atoms in total. The van der Waals surface area contributed by atoms with Gasteiger partial charge in [0.15, 0.2) is 5.82 Å². The number of hydrazine groups is 1. The van der Waals surface area contributed by atoms with Crippen LogP contribution in [0.3, 0.4) is 0 Å². The topological polar surface area (TPSA) is 63.8 Å². The maximum Gasteiger partial charge on any atom is 0.166 e. The molecule has 0 aliphatic heterocycles. The molecule has 0 spiro atoms. The first-order valence-corrected chi connectivity index (χ1v) is 5.14. The molecule has 0 saturated carbocycles. The van der Waals surface area contributed by atoms with Gasteiger partial charge in [0.1, 0.15) is 5.69 Å². The molecule has 15 heavy (non-hydrogen) atoms. The van der Waals surface area contributed by atoms with Crippen LogP contribution in [0.2, 0.25) is 0 Å². The molecule has 0 aliphatic rings. The molecule has 76 valence electrons. The zero-order chi connectivity index (χ0) is 10.7. The van der Waals surface area contributed by atoms with Gasteiger partial charge in [0, 0.05) is 22.4 Å². The summed E-state index contributed by atoms with van der Waals surface area (Å²) in [7, 11) is 0. The van der Waals surface area contributed by atoms with Crippen molar-refractivity contribution >= 4 is 21.7 Å². The summed E-state index contributed by atoms with van der Waals surface area (Å²) in [6.07, 6.45) is 3.23. The zero-order valence-corrected chi connectivity index (χ0v) is 9.40. The Labute approximate surface area is 95.7 Å². The predicted octanol–water partition coefficient (Wildman–Crippen LogP) is 2.19. The molecule has 0 fully saturated rings. The highest BCUT2D eigenvalue weighted by Crippen LogP contribution is 2.24. The number of benzene rings is 1. The summed E-state index contributed by atoms with van der Waals surface area (Å²) in [5.74, 6) is 5.93. The lowest BCUT2D eigenvalue weighted by Gasteiger charge is -2.05. The minimum absolute atomic E-state index is 0.569. The summed E-state index contributed by atoms with van der Waals surface area (Å²) in [4.78, 5) is 8.31. The second-order valence-corrected chi connectivity index (χ2v) is 3.82. The van der Waals surface area contributed by atoms with Crippen molar-refractivity contribution in [2.75, 3.05) is 5.43 Å². The summed E-state index contributed by atoms with van der Waals surface area (Å²) in [6, 6.07) is 7.80. The molecule has 0 radical (unpaired) electrons. The average molecular weight is 265 g/mol. The minimum Gasteiger partial charge on any atom is -0.307 e. The molecule has 5 heteroatoms. The molecule has 0 aliphatic carbocycles. The number of nitrogen functional groups attached to an aromatic ring is 1. The van der Waals surface area contributed by atoms with Gasteiger partial charge in [-0.2, -0.15) is 0 Å². The maximum atomic E-state index is 5.36. The second-order valence-electron chi connectivity index (χ2n) is 2.90. The molecular formula is C10H9BrN4. The van der Waals surface area contributed by atoms with Crippen molar-refractivity contribution in [3.63, 3.8) is 0 Å². The number of halogens is 1. The zero-order valence-electron chi connectivity index (χ0n) is 7.81. The van der Waals surface area contributed by atoms with E-state index in [9.17, 15) is 0 Å². The van der Waals surface area contributed by atoms with Crippen LogP contribution in [-0.4, -0.2) is 9.97 Å². The minimum atomic E-state index is 0.569. The molecule has 1 heterocycles. The quantitative estimate of drug-likeness (QED) is 0.645. The third-order valence-corrected chi connectivity index (χ3v) is 2.48. The standard InChI is InChI=1S/C10H9BrN4/c11-8-3-1-7(2-4-8)9-10(15-12)14-6-5-13-9/h1-6H,12H2,(H,14,15). The van der Waals surface area contributed by atoms with Crippen LogP contribution in [0.15, 0.2) is 41.1 Å². The number of hydrogen-bond acceptors (Lipinski definition) is 4. The Bertz CT molecular complexity index is 455. The van der Waals surface area contributed by atoms with Gasteiger partial charge in [-0.1, -0.05) is 28.1 Å². The van der Waals surface area contributed by atoms with Crippen molar-refractivity contribution in [2.45, 2.75) is 0 Å². The lowest BCUT2D eigenvalue weighted by molar-refractivity contribution is 1.16. The first-order valence-electron chi connectivity index (χ1n) is 4.35. The molecule has 3 N–H and O–H groups in total.